The van der Waals surface area contributed by atoms with E-state index in [1.54, 1.807) is 13.2 Å². The molecule has 6 heteroatoms. The Morgan fingerprint density at radius 2 is 2.21 bits per heavy atom. The Hall–Kier alpha value is -1.66. The van der Waals surface area contributed by atoms with Crippen molar-refractivity contribution in [1.29, 1.82) is 0 Å². The molecule has 1 atom stereocenters. The molecule has 1 rings (SSSR count). The fraction of sp³-hybridized carbons (Fsp3) is 0.462. The zero-order chi connectivity index (χ0) is 14.3. The summed E-state index contributed by atoms with van der Waals surface area (Å²) < 4.78 is 23.3. The third-order valence-electron chi connectivity index (χ3n) is 2.36. The van der Waals surface area contributed by atoms with Gasteiger partial charge in [0.2, 0.25) is 0 Å². The van der Waals surface area contributed by atoms with Crippen molar-refractivity contribution in [2.75, 3.05) is 20.3 Å². The molecule has 1 aromatic rings. The van der Waals surface area contributed by atoms with Gasteiger partial charge in [0, 0.05) is 25.8 Å². The van der Waals surface area contributed by atoms with Crippen LogP contribution < -0.4 is 15.8 Å². The summed E-state index contributed by atoms with van der Waals surface area (Å²) in [7, 11) is 1.56. The third-order valence-corrected chi connectivity index (χ3v) is 2.36. The highest BCUT2D eigenvalue weighted by Crippen LogP contribution is 2.15. The summed E-state index contributed by atoms with van der Waals surface area (Å²) in [6, 6.07) is 4.04. The predicted molar refractivity (Wildman–Crippen MR) is 69.3 cm³/mol. The predicted octanol–water partition coefficient (Wildman–Crippen LogP) is 0.814. The molecule has 1 aromatic carbocycles. The molecule has 0 radical (unpaired) electrons. The van der Waals surface area contributed by atoms with E-state index in [0.29, 0.717) is 12.2 Å². The molecule has 0 spiro atoms. The van der Waals surface area contributed by atoms with Gasteiger partial charge in [-0.3, -0.25) is 4.79 Å². The van der Waals surface area contributed by atoms with Gasteiger partial charge in [-0.05, 0) is 24.6 Å². The van der Waals surface area contributed by atoms with Crippen LogP contribution in [0.3, 0.4) is 0 Å². The Labute approximate surface area is 111 Å². The molecule has 3 N–H and O–H groups in total. The molecule has 0 aliphatic rings. The minimum Gasteiger partial charge on any atom is -0.484 e. The van der Waals surface area contributed by atoms with Crippen LogP contribution in [0.15, 0.2) is 18.2 Å². The molecule has 106 valence electrons. The van der Waals surface area contributed by atoms with Crippen LogP contribution in [-0.2, 0) is 16.1 Å². The zero-order valence-electron chi connectivity index (χ0n) is 11.1. The Kier molecular flexibility index (Phi) is 6.24. The van der Waals surface area contributed by atoms with Crippen molar-refractivity contribution in [3.63, 3.8) is 0 Å². The number of amides is 1. The van der Waals surface area contributed by atoms with Crippen molar-refractivity contribution in [3.05, 3.63) is 29.6 Å². The average Bonchev–Trinajstić information content (AvgIpc) is 2.36. The van der Waals surface area contributed by atoms with E-state index in [0.717, 1.165) is 0 Å². The number of ether oxygens (including phenoxy) is 2. The van der Waals surface area contributed by atoms with Crippen molar-refractivity contribution < 1.29 is 18.7 Å². The van der Waals surface area contributed by atoms with E-state index >= 15 is 0 Å². The van der Waals surface area contributed by atoms with Gasteiger partial charge >= 0.3 is 0 Å². The minimum atomic E-state index is -0.439. The monoisotopic (exact) mass is 270 g/mol. The molecule has 5 nitrogen and oxygen atoms in total. The van der Waals surface area contributed by atoms with Gasteiger partial charge in [-0.2, -0.15) is 0 Å². The fourth-order valence-corrected chi connectivity index (χ4v) is 1.58. The molecular weight excluding hydrogens is 251 g/mol. The first kappa shape index (κ1) is 15.4. The maximum absolute atomic E-state index is 13.2. The number of hydrogen-bond donors (Lipinski definition) is 2. The normalized spacial score (nSPS) is 12.0. The number of nitrogens with two attached hydrogens (primary N) is 1. The van der Waals surface area contributed by atoms with Gasteiger partial charge in [0.15, 0.2) is 6.61 Å². The van der Waals surface area contributed by atoms with Gasteiger partial charge in [-0.1, -0.05) is 0 Å². The van der Waals surface area contributed by atoms with Crippen LogP contribution in [0.5, 0.6) is 5.75 Å². The number of carbonyl (C=O) groups is 1. The number of rotatable bonds is 7. The van der Waals surface area contributed by atoms with Crippen LogP contribution >= 0.6 is 0 Å². The molecule has 0 saturated heterocycles. The number of hydrogen-bond acceptors (Lipinski definition) is 4. The van der Waals surface area contributed by atoms with Gasteiger partial charge in [-0.15, -0.1) is 0 Å². The summed E-state index contributed by atoms with van der Waals surface area (Å²) in [6.45, 7) is 2.27. The first-order valence-corrected chi connectivity index (χ1v) is 5.95. The van der Waals surface area contributed by atoms with Crippen LogP contribution in [-0.4, -0.2) is 32.3 Å². The Morgan fingerprint density at radius 1 is 1.47 bits per heavy atom. The average molecular weight is 270 g/mol. The molecule has 0 aliphatic carbocycles. The van der Waals surface area contributed by atoms with E-state index < -0.39 is 5.82 Å². The highest BCUT2D eigenvalue weighted by molar-refractivity contribution is 5.77. The molecule has 19 heavy (non-hydrogen) atoms. The summed E-state index contributed by atoms with van der Waals surface area (Å²) in [4.78, 5) is 11.5. The molecular formula is C13H19FN2O3. The van der Waals surface area contributed by atoms with Gasteiger partial charge < -0.3 is 20.5 Å². The minimum absolute atomic E-state index is 0.104. The zero-order valence-corrected chi connectivity index (χ0v) is 11.1. The summed E-state index contributed by atoms with van der Waals surface area (Å²) >= 11 is 0. The molecule has 0 saturated carbocycles. The molecule has 0 aliphatic heterocycles. The second-order valence-electron chi connectivity index (χ2n) is 4.21. The molecule has 0 heterocycles. The van der Waals surface area contributed by atoms with E-state index in [-0.39, 0.29) is 30.9 Å². The molecule has 1 unspecified atom stereocenters. The molecule has 0 fully saturated rings. The van der Waals surface area contributed by atoms with Gasteiger partial charge in [0.05, 0.1) is 6.61 Å². The smallest absolute Gasteiger partial charge is 0.258 e. The number of benzene rings is 1. The second-order valence-corrected chi connectivity index (χ2v) is 4.21. The SMILES string of the molecule is COCC(C)NC(=O)COc1cc(F)cc(CN)c1. The van der Waals surface area contributed by atoms with E-state index in [1.165, 1.54) is 12.1 Å². The van der Waals surface area contributed by atoms with Crippen LogP contribution in [0.1, 0.15) is 12.5 Å². The summed E-state index contributed by atoms with van der Waals surface area (Å²) in [5, 5.41) is 2.69. The lowest BCUT2D eigenvalue weighted by Gasteiger charge is -2.13. The fourth-order valence-electron chi connectivity index (χ4n) is 1.58. The first-order chi connectivity index (χ1) is 9.05. The summed E-state index contributed by atoms with van der Waals surface area (Å²) in [6.07, 6.45) is 0. The highest BCUT2D eigenvalue weighted by atomic mass is 19.1. The standard InChI is InChI=1S/C13H19FN2O3/c1-9(7-18-2)16-13(17)8-19-12-4-10(6-15)3-11(14)5-12/h3-5,9H,6-8,15H2,1-2H3,(H,16,17). The number of methoxy groups -OCH3 is 1. The largest absolute Gasteiger partial charge is 0.484 e. The van der Waals surface area contributed by atoms with Gasteiger partial charge in [-0.25, -0.2) is 4.39 Å². The maximum atomic E-state index is 13.2. The Morgan fingerprint density at radius 3 is 2.84 bits per heavy atom. The summed E-state index contributed by atoms with van der Waals surface area (Å²) in [5.41, 5.74) is 6.04. The van der Waals surface area contributed by atoms with Gasteiger partial charge in [0.25, 0.3) is 5.91 Å². The van der Waals surface area contributed by atoms with Crippen molar-refractivity contribution in [2.24, 2.45) is 5.73 Å². The number of carbonyl (C=O) groups excluding carboxylic acids is 1. The molecule has 0 bridgehead atoms. The third kappa shape index (κ3) is 5.67. The number of halogens is 1. The van der Waals surface area contributed by atoms with Crippen LogP contribution in [0, 0.1) is 5.82 Å². The lowest BCUT2D eigenvalue weighted by atomic mass is 10.2. The van der Waals surface area contributed by atoms with E-state index in [2.05, 4.69) is 5.32 Å². The number of nitrogens with one attached hydrogen (secondary N) is 1. The van der Waals surface area contributed by atoms with E-state index in [4.69, 9.17) is 15.2 Å². The van der Waals surface area contributed by atoms with E-state index in [1.807, 2.05) is 6.92 Å². The van der Waals surface area contributed by atoms with Crippen LogP contribution in [0.25, 0.3) is 0 Å². The van der Waals surface area contributed by atoms with Crippen molar-refractivity contribution in [3.8, 4) is 5.75 Å². The van der Waals surface area contributed by atoms with Gasteiger partial charge in [0.1, 0.15) is 11.6 Å². The Bertz CT molecular complexity index is 426. The molecule has 0 aromatic heterocycles. The van der Waals surface area contributed by atoms with Crippen molar-refractivity contribution in [2.45, 2.75) is 19.5 Å². The van der Waals surface area contributed by atoms with Crippen LogP contribution in [0.4, 0.5) is 4.39 Å². The lowest BCUT2D eigenvalue weighted by molar-refractivity contribution is -0.124. The van der Waals surface area contributed by atoms with E-state index in [9.17, 15) is 9.18 Å². The topological polar surface area (TPSA) is 73.6 Å². The van der Waals surface area contributed by atoms with Crippen molar-refractivity contribution in [1.82, 2.24) is 5.32 Å². The molecule has 1 amide bonds. The van der Waals surface area contributed by atoms with Crippen molar-refractivity contribution >= 4 is 5.91 Å². The summed E-state index contributed by atoms with van der Waals surface area (Å²) in [5.74, 6) is -0.441. The Balaban J connectivity index is 2.48. The highest BCUT2D eigenvalue weighted by Gasteiger charge is 2.08. The first-order valence-electron chi connectivity index (χ1n) is 5.95. The maximum Gasteiger partial charge on any atom is 0.258 e. The second kappa shape index (κ2) is 7.70. The van der Waals surface area contributed by atoms with Crippen LogP contribution in [0.2, 0.25) is 0 Å². The quantitative estimate of drug-likeness (QED) is 0.769. The lowest BCUT2D eigenvalue weighted by Crippen LogP contribution is -2.38.